The molecule has 3 amide bonds. The molecule has 0 spiro atoms. The van der Waals surface area contributed by atoms with E-state index in [1.807, 2.05) is 36.4 Å². The first-order valence-electron chi connectivity index (χ1n) is 8.07. The van der Waals surface area contributed by atoms with Crippen LogP contribution < -0.4 is 16.4 Å². The van der Waals surface area contributed by atoms with E-state index in [9.17, 15) is 9.59 Å². The summed E-state index contributed by atoms with van der Waals surface area (Å²) in [6, 6.07) is 18.1. The van der Waals surface area contributed by atoms with Crippen LogP contribution in [0.1, 0.15) is 11.3 Å². The molecule has 4 N–H and O–H groups in total. The third kappa shape index (κ3) is 4.67. The van der Waals surface area contributed by atoms with Gasteiger partial charge in [0.1, 0.15) is 0 Å². The first kappa shape index (κ1) is 17.2. The van der Waals surface area contributed by atoms with Crippen LogP contribution in [0.25, 0.3) is 17.0 Å². The number of primary amides is 1. The Morgan fingerprint density at radius 1 is 1.00 bits per heavy atom. The third-order valence-electron chi connectivity index (χ3n) is 3.71. The summed E-state index contributed by atoms with van der Waals surface area (Å²) in [5.41, 5.74) is 8.18. The normalized spacial score (nSPS) is 10.8. The fraction of sp³-hybridized carbons (Fsp3) is 0.0500. The summed E-state index contributed by atoms with van der Waals surface area (Å²) in [4.78, 5) is 27.2. The Kier molecular flexibility index (Phi) is 5.24. The van der Waals surface area contributed by atoms with Gasteiger partial charge >= 0.3 is 6.03 Å². The van der Waals surface area contributed by atoms with E-state index in [4.69, 9.17) is 5.73 Å². The van der Waals surface area contributed by atoms with Crippen LogP contribution in [0.2, 0.25) is 0 Å². The lowest BCUT2D eigenvalue weighted by Crippen LogP contribution is -2.20. The highest BCUT2D eigenvalue weighted by molar-refractivity contribution is 5.92. The van der Waals surface area contributed by atoms with Crippen molar-refractivity contribution in [3.63, 3.8) is 0 Å². The second-order valence-electron chi connectivity index (χ2n) is 5.67. The van der Waals surface area contributed by atoms with E-state index >= 15 is 0 Å². The minimum Gasteiger partial charge on any atom is -0.351 e. The van der Waals surface area contributed by atoms with Crippen molar-refractivity contribution in [3.8, 4) is 0 Å². The van der Waals surface area contributed by atoms with Gasteiger partial charge in [-0.2, -0.15) is 0 Å². The number of carbonyl (C=O) groups excluding carboxylic acids is 2. The van der Waals surface area contributed by atoms with Crippen molar-refractivity contribution >= 4 is 34.6 Å². The molecule has 130 valence electrons. The molecule has 6 nitrogen and oxygen atoms in total. The topological polar surface area (TPSA) is 97.1 Å². The highest BCUT2D eigenvalue weighted by atomic mass is 16.2. The van der Waals surface area contributed by atoms with Gasteiger partial charge < -0.3 is 16.4 Å². The number of nitrogens with zero attached hydrogens (tertiary/aromatic N) is 1. The summed E-state index contributed by atoms with van der Waals surface area (Å²) in [6.07, 6.45) is 3.14. The number of aromatic nitrogens is 1. The monoisotopic (exact) mass is 346 g/mol. The van der Waals surface area contributed by atoms with Gasteiger partial charge in [0.15, 0.2) is 0 Å². The summed E-state index contributed by atoms with van der Waals surface area (Å²) in [7, 11) is 0. The van der Waals surface area contributed by atoms with Gasteiger partial charge in [-0.15, -0.1) is 0 Å². The smallest absolute Gasteiger partial charge is 0.316 e. The predicted molar refractivity (Wildman–Crippen MR) is 102 cm³/mol. The molecule has 3 aromatic rings. The Labute approximate surface area is 150 Å². The van der Waals surface area contributed by atoms with Crippen molar-refractivity contribution < 1.29 is 9.59 Å². The van der Waals surface area contributed by atoms with Crippen LogP contribution in [0.4, 0.5) is 10.5 Å². The zero-order valence-corrected chi connectivity index (χ0v) is 14.0. The van der Waals surface area contributed by atoms with Crippen LogP contribution in [-0.4, -0.2) is 16.9 Å². The predicted octanol–water partition coefficient (Wildman–Crippen LogP) is 3.06. The fourth-order valence-electron chi connectivity index (χ4n) is 2.43. The van der Waals surface area contributed by atoms with Crippen molar-refractivity contribution in [2.24, 2.45) is 5.73 Å². The van der Waals surface area contributed by atoms with Crippen LogP contribution in [0.15, 0.2) is 66.7 Å². The Morgan fingerprint density at radius 2 is 1.77 bits per heavy atom. The zero-order valence-electron chi connectivity index (χ0n) is 14.0. The lowest BCUT2D eigenvalue weighted by atomic mass is 10.2. The largest absolute Gasteiger partial charge is 0.351 e. The molecule has 0 unspecified atom stereocenters. The number of rotatable bonds is 5. The quantitative estimate of drug-likeness (QED) is 0.619. The van der Waals surface area contributed by atoms with E-state index in [1.165, 1.54) is 6.08 Å². The number of urea groups is 1. The number of anilines is 1. The van der Waals surface area contributed by atoms with Crippen molar-refractivity contribution in [1.29, 1.82) is 0 Å². The highest BCUT2D eigenvalue weighted by Gasteiger charge is 2.00. The van der Waals surface area contributed by atoms with Gasteiger partial charge in [0.2, 0.25) is 5.91 Å². The molecule has 0 saturated heterocycles. The maximum absolute atomic E-state index is 12.0. The molecule has 0 aliphatic heterocycles. The Bertz CT molecular complexity index is 965. The maximum atomic E-state index is 12.0. The first-order chi connectivity index (χ1) is 12.6. The Hall–Kier alpha value is -3.67. The molecular formula is C20H18N4O2. The van der Waals surface area contributed by atoms with Gasteiger partial charge in [-0.3, -0.25) is 4.79 Å². The maximum Gasteiger partial charge on any atom is 0.316 e. The Balaban J connectivity index is 1.56. The molecule has 1 heterocycles. The van der Waals surface area contributed by atoms with Crippen LogP contribution in [0, 0.1) is 0 Å². The summed E-state index contributed by atoms with van der Waals surface area (Å²) < 4.78 is 0. The van der Waals surface area contributed by atoms with Crippen LogP contribution >= 0.6 is 0 Å². The second-order valence-corrected chi connectivity index (χ2v) is 5.67. The van der Waals surface area contributed by atoms with E-state index < -0.39 is 6.03 Å². The highest BCUT2D eigenvalue weighted by Crippen LogP contribution is 2.12. The molecule has 0 atom stereocenters. The van der Waals surface area contributed by atoms with Gasteiger partial charge in [-0.25, -0.2) is 9.78 Å². The number of pyridine rings is 1. The number of benzene rings is 2. The van der Waals surface area contributed by atoms with E-state index in [1.54, 1.807) is 30.3 Å². The molecule has 0 fully saturated rings. The number of hydrogen-bond acceptors (Lipinski definition) is 3. The third-order valence-corrected chi connectivity index (χ3v) is 3.71. The number of fused-ring (bicyclic) bond motifs is 1. The molecule has 3 rings (SSSR count). The van der Waals surface area contributed by atoms with Gasteiger partial charge in [0.25, 0.3) is 0 Å². The molecular weight excluding hydrogens is 328 g/mol. The minimum atomic E-state index is -0.613. The molecule has 2 aromatic carbocycles. The SMILES string of the molecule is NC(=O)Nc1ccc(CNC(=O)/C=C/c2ccc3ccccc3n2)cc1. The van der Waals surface area contributed by atoms with Crippen molar-refractivity contribution in [2.75, 3.05) is 5.32 Å². The fourth-order valence-corrected chi connectivity index (χ4v) is 2.43. The number of para-hydroxylation sites is 1. The summed E-state index contributed by atoms with van der Waals surface area (Å²) in [5.74, 6) is -0.209. The van der Waals surface area contributed by atoms with Crippen LogP contribution in [0.3, 0.4) is 0 Å². The van der Waals surface area contributed by atoms with Gasteiger partial charge in [-0.05, 0) is 35.9 Å². The average molecular weight is 346 g/mol. The number of amides is 3. The van der Waals surface area contributed by atoms with Gasteiger partial charge in [0.05, 0.1) is 11.2 Å². The zero-order chi connectivity index (χ0) is 18.4. The number of nitrogens with two attached hydrogens (primary N) is 1. The van der Waals surface area contributed by atoms with E-state index in [-0.39, 0.29) is 5.91 Å². The summed E-state index contributed by atoms with van der Waals surface area (Å²) >= 11 is 0. The molecule has 0 saturated carbocycles. The number of carbonyl (C=O) groups is 2. The van der Waals surface area contributed by atoms with E-state index in [0.29, 0.717) is 12.2 Å². The molecule has 6 heteroatoms. The van der Waals surface area contributed by atoms with E-state index in [0.717, 1.165) is 22.2 Å². The van der Waals surface area contributed by atoms with Crippen molar-refractivity contribution in [3.05, 3.63) is 78.0 Å². The van der Waals surface area contributed by atoms with Crippen LogP contribution in [-0.2, 0) is 11.3 Å². The van der Waals surface area contributed by atoms with Crippen molar-refractivity contribution in [2.45, 2.75) is 6.54 Å². The molecule has 0 aliphatic rings. The lowest BCUT2D eigenvalue weighted by molar-refractivity contribution is -0.116. The molecule has 0 aliphatic carbocycles. The van der Waals surface area contributed by atoms with Crippen molar-refractivity contribution in [1.82, 2.24) is 10.3 Å². The number of nitrogens with one attached hydrogen (secondary N) is 2. The average Bonchev–Trinajstić information content (AvgIpc) is 2.65. The van der Waals surface area contributed by atoms with Crippen LogP contribution in [0.5, 0.6) is 0 Å². The standard InChI is InChI=1S/C20H18N4O2/c21-20(26)24-17-8-5-14(6-9-17)13-22-19(25)12-11-16-10-7-15-3-1-2-4-18(15)23-16/h1-12H,13H2,(H,22,25)(H3,21,24,26)/b12-11+. The van der Waals surface area contributed by atoms with E-state index in [2.05, 4.69) is 15.6 Å². The second kappa shape index (κ2) is 7.94. The summed E-state index contributed by atoms with van der Waals surface area (Å²) in [5, 5.41) is 6.34. The number of hydrogen-bond donors (Lipinski definition) is 3. The molecule has 0 radical (unpaired) electrons. The molecule has 26 heavy (non-hydrogen) atoms. The Morgan fingerprint density at radius 3 is 2.54 bits per heavy atom. The first-order valence-corrected chi connectivity index (χ1v) is 8.07. The minimum absolute atomic E-state index is 0.209. The molecule has 1 aromatic heterocycles. The van der Waals surface area contributed by atoms with Gasteiger partial charge in [-0.1, -0.05) is 36.4 Å². The molecule has 0 bridgehead atoms. The lowest BCUT2D eigenvalue weighted by Gasteiger charge is -2.05. The summed E-state index contributed by atoms with van der Waals surface area (Å²) in [6.45, 7) is 0.380. The van der Waals surface area contributed by atoms with Gasteiger partial charge in [0, 0.05) is 23.7 Å².